The number of nitrogens with zero attached hydrogens (tertiary/aromatic N) is 4. The van der Waals surface area contributed by atoms with Crippen molar-refractivity contribution in [3.63, 3.8) is 0 Å². The number of carbonyl (C=O) groups is 1. The molecule has 0 radical (unpaired) electrons. The molecule has 0 saturated carbocycles. The van der Waals surface area contributed by atoms with E-state index in [9.17, 15) is 14.4 Å². The van der Waals surface area contributed by atoms with Gasteiger partial charge in [0.25, 0.3) is 5.56 Å². The Hall–Kier alpha value is -3.31. The van der Waals surface area contributed by atoms with Crippen LogP contribution in [0.15, 0.2) is 39.5 Å². The fourth-order valence-electron chi connectivity index (χ4n) is 3.37. The molecule has 3 rings (SSSR count). The van der Waals surface area contributed by atoms with Crippen molar-refractivity contribution in [3.8, 4) is 10.6 Å². The Morgan fingerprint density at radius 1 is 1.36 bits per heavy atom. The summed E-state index contributed by atoms with van der Waals surface area (Å²) < 4.78 is 6.40. The molecule has 0 aliphatic heterocycles. The number of ether oxygens (including phenoxy) is 1. The molecule has 176 valence electrons. The van der Waals surface area contributed by atoms with E-state index in [4.69, 9.17) is 10.5 Å². The number of rotatable bonds is 10. The van der Waals surface area contributed by atoms with Gasteiger partial charge < -0.3 is 15.4 Å². The number of anilines is 2. The Labute approximate surface area is 195 Å². The van der Waals surface area contributed by atoms with Gasteiger partial charge in [-0.25, -0.2) is 9.78 Å². The lowest BCUT2D eigenvalue weighted by atomic mass is 10.2. The van der Waals surface area contributed by atoms with Crippen LogP contribution in [-0.4, -0.2) is 45.7 Å². The third kappa shape index (κ3) is 5.93. The Kier molecular flexibility index (Phi) is 8.12. The maximum absolute atomic E-state index is 13.3. The molecule has 0 aliphatic rings. The second kappa shape index (κ2) is 11.0. The third-order valence-corrected chi connectivity index (χ3v) is 5.80. The Morgan fingerprint density at radius 3 is 2.82 bits per heavy atom. The first-order chi connectivity index (χ1) is 15.8. The van der Waals surface area contributed by atoms with Crippen molar-refractivity contribution < 1.29 is 9.53 Å². The first kappa shape index (κ1) is 24.3. The average molecular weight is 473 g/mol. The van der Waals surface area contributed by atoms with Gasteiger partial charge in [0.2, 0.25) is 5.91 Å². The Balaban J connectivity index is 1.93. The number of H-pyrrole nitrogens is 1. The first-order valence-electron chi connectivity index (χ1n) is 10.6. The van der Waals surface area contributed by atoms with Gasteiger partial charge in [0.15, 0.2) is 5.69 Å². The first-order valence-corrected chi connectivity index (χ1v) is 11.5. The second-order valence-corrected chi connectivity index (χ2v) is 8.81. The third-order valence-electron chi connectivity index (χ3n) is 4.86. The molecule has 0 aliphatic carbocycles. The molecule has 3 heterocycles. The summed E-state index contributed by atoms with van der Waals surface area (Å²) >= 11 is 1.41. The van der Waals surface area contributed by atoms with Crippen molar-refractivity contribution in [3.05, 3.63) is 56.4 Å². The zero-order valence-electron chi connectivity index (χ0n) is 18.9. The summed E-state index contributed by atoms with van der Waals surface area (Å²) in [5, 5.41) is 2.56. The number of aromatic nitrogens is 4. The van der Waals surface area contributed by atoms with Crippen LogP contribution in [0.25, 0.3) is 10.6 Å². The number of hydrogen-bond acceptors (Lipinski definition) is 8. The van der Waals surface area contributed by atoms with Crippen molar-refractivity contribution >= 4 is 28.7 Å². The smallest absolute Gasteiger partial charge is 0.330 e. The minimum atomic E-state index is -0.697. The fourth-order valence-corrected chi connectivity index (χ4v) is 4.18. The highest BCUT2D eigenvalue weighted by Gasteiger charge is 2.25. The summed E-state index contributed by atoms with van der Waals surface area (Å²) in [5.41, 5.74) is 6.36. The molecular formula is C22H28N6O4S. The summed E-state index contributed by atoms with van der Waals surface area (Å²) in [7, 11) is 1.56. The van der Waals surface area contributed by atoms with Crippen LogP contribution in [-0.2, 0) is 22.5 Å². The van der Waals surface area contributed by atoms with E-state index in [-0.39, 0.29) is 36.3 Å². The summed E-state index contributed by atoms with van der Waals surface area (Å²) in [4.78, 5) is 50.6. The van der Waals surface area contributed by atoms with Crippen molar-refractivity contribution in [1.82, 2.24) is 19.5 Å². The largest absolute Gasteiger partial charge is 0.385 e. The van der Waals surface area contributed by atoms with E-state index in [1.165, 1.54) is 20.8 Å². The summed E-state index contributed by atoms with van der Waals surface area (Å²) in [6.45, 7) is 4.78. The topological polar surface area (TPSA) is 136 Å². The standard InChI is InChI=1S/C22H28N6O4S/c1-14(2)12-28-19(23)18(20(30)26-22(28)31)27(8-5-9-32-3)17(29)10-16-13-33-21(25-16)15-6-4-7-24-11-15/h4,6-7,11,13-14H,5,8-10,12,23H2,1-3H3,(H,26,30,31). The highest BCUT2D eigenvalue weighted by Crippen LogP contribution is 2.24. The molecule has 3 aromatic rings. The van der Waals surface area contributed by atoms with Gasteiger partial charge in [-0.3, -0.25) is 24.1 Å². The van der Waals surface area contributed by atoms with Gasteiger partial charge >= 0.3 is 5.69 Å². The van der Waals surface area contributed by atoms with E-state index in [1.807, 2.05) is 26.0 Å². The van der Waals surface area contributed by atoms with Gasteiger partial charge in [-0.1, -0.05) is 13.8 Å². The molecule has 0 unspecified atom stereocenters. The van der Waals surface area contributed by atoms with Gasteiger partial charge in [0, 0.05) is 50.1 Å². The molecule has 3 N–H and O–H groups in total. The average Bonchev–Trinajstić information content (AvgIpc) is 3.24. The predicted octanol–water partition coefficient (Wildman–Crippen LogP) is 1.91. The molecule has 10 nitrogen and oxygen atoms in total. The monoisotopic (exact) mass is 472 g/mol. The lowest BCUT2D eigenvalue weighted by molar-refractivity contribution is -0.118. The van der Waals surface area contributed by atoms with Crippen LogP contribution in [0, 0.1) is 5.92 Å². The number of nitrogens with two attached hydrogens (primary N) is 1. The fraction of sp³-hybridized carbons (Fsp3) is 0.409. The normalized spacial score (nSPS) is 11.2. The van der Waals surface area contributed by atoms with Crippen LogP contribution in [0.1, 0.15) is 26.0 Å². The van der Waals surface area contributed by atoms with Crippen LogP contribution in [0.5, 0.6) is 0 Å². The number of carbonyl (C=O) groups excluding carboxylic acids is 1. The molecule has 0 fully saturated rings. The van der Waals surface area contributed by atoms with E-state index in [0.717, 1.165) is 10.6 Å². The maximum Gasteiger partial charge on any atom is 0.330 e. The van der Waals surface area contributed by atoms with E-state index in [0.29, 0.717) is 25.3 Å². The molecule has 0 bridgehead atoms. The van der Waals surface area contributed by atoms with E-state index < -0.39 is 11.2 Å². The second-order valence-electron chi connectivity index (χ2n) is 7.95. The van der Waals surface area contributed by atoms with Crippen molar-refractivity contribution in [2.75, 3.05) is 30.9 Å². The summed E-state index contributed by atoms with van der Waals surface area (Å²) in [6.07, 6.45) is 3.86. The van der Waals surface area contributed by atoms with Crippen LogP contribution < -0.4 is 21.9 Å². The van der Waals surface area contributed by atoms with Gasteiger partial charge in [0.1, 0.15) is 10.8 Å². The zero-order chi connectivity index (χ0) is 24.0. The van der Waals surface area contributed by atoms with Crippen LogP contribution in [0.2, 0.25) is 0 Å². The van der Waals surface area contributed by atoms with Crippen LogP contribution in [0.3, 0.4) is 0 Å². The molecule has 0 atom stereocenters. The number of pyridine rings is 1. The summed E-state index contributed by atoms with van der Waals surface area (Å²) in [5.74, 6) is -0.263. The minimum absolute atomic E-state index is 0.0219. The molecule has 1 amide bonds. The van der Waals surface area contributed by atoms with Crippen molar-refractivity contribution in [2.45, 2.75) is 33.2 Å². The van der Waals surface area contributed by atoms with Gasteiger partial charge in [-0.15, -0.1) is 11.3 Å². The highest BCUT2D eigenvalue weighted by atomic mass is 32.1. The lowest BCUT2D eigenvalue weighted by Gasteiger charge is -2.24. The lowest BCUT2D eigenvalue weighted by Crippen LogP contribution is -2.42. The minimum Gasteiger partial charge on any atom is -0.385 e. The SMILES string of the molecule is COCCCN(C(=O)Cc1csc(-c2cccnc2)n1)c1c(N)n(CC(C)C)c(=O)[nH]c1=O. The van der Waals surface area contributed by atoms with E-state index >= 15 is 0 Å². The number of methoxy groups -OCH3 is 1. The molecule has 0 saturated heterocycles. The van der Waals surface area contributed by atoms with Crippen molar-refractivity contribution in [1.29, 1.82) is 0 Å². The summed E-state index contributed by atoms with van der Waals surface area (Å²) in [6, 6.07) is 3.72. The zero-order valence-corrected chi connectivity index (χ0v) is 19.7. The number of nitrogen functional groups attached to an aromatic ring is 1. The molecular weight excluding hydrogens is 444 g/mol. The van der Waals surface area contributed by atoms with E-state index in [2.05, 4.69) is 15.0 Å². The van der Waals surface area contributed by atoms with Gasteiger partial charge in [-0.05, 0) is 24.5 Å². The number of aromatic amines is 1. The predicted molar refractivity (Wildman–Crippen MR) is 128 cm³/mol. The van der Waals surface area contributed by atoms with E-state index in [1.54, 1.807) is 24.9 Å². The van der Waals surface area contributed by atoms with Crippen molar-refractivity contribution in [2.24, 2.45) is 5.92 Å². The Morgan fingerprint density at radius 2 is 2.15 bits per heavy atom. The van der Waals surface area contributed by atoms with Crippen LogP contribution >= 0.6 is 11.3 Å². The molecule has 33 heavy (non-hydrogen) atoms. The molecule has 3 aromatic heterocycles. The maximum atomic E-state index is 13.3. The van der Waals surface area contributed by atoms with Gasteiger partial charge in [0.05, 0.1) is 12.1 Å². The number of hydrogen-bond donors (Lipinski definition) is 2. The van der Waals surface area contributed by atoms with Gasteiger partial charge in [-0.2, -0.15) is 0 Å². The number of amides is 1. The van der Waals surface area contributed by atoms with Crippen LogP contribution in [0.4, 0.5) is 11.5 Å². The molecule has 11 heteroatoms. The molecule has 0 aromatic carbocycles. The molecule has 0 spiro atoms. The highest BCUT2D eigenvalue weighted by molar-refractivity contribution is 7.13. The number of nitrogens with one attached hydrogen (secondary N) is 1. The Bertz CT molecular complexity index is 1200. The quantitative estimate of drug-likeness (QED) is 0.430. The number of thiazole rings is 1.